The van der Waals surface area contributed by atoms with E-state index in [2.05, 4.69) is 11.8 Å². The van der Waals surface area contributed by atoms with Crippen LogP contribution in [0.2, 0.25) is 0 Å². The van der Waals surface area contributed by atoms with Crippen LogP contribution < -0.4 is 9.47 Å². The number of benzene rings is 1. The highest BCUT2D eigenvalue weighted by atomic mass is 16.6. The van der Waals surface area contributed by atoms with E-state index >= 15 is 0 Å². The number of aliphatic hydroxyl groups is 1. The minimum absolute atomic E-state index is 0.490. The average molecular weight is 237 g/mol. The predicted octanol–water partition coefficient (Wildman–Crippen LogP) is 1.44. The van der Waals surface area contributed by atoms with Gasteiger partial charge in [0.05, 0.1) is 6.10 Å². The third kappa shape index (κ3) is 2.90. The molecule has 0 saturated carbocycles. The smallest absolute Gasteiger partial charge is 0.161 e. The van der Waals surface area contributed by atoms with Gasteiger partial charge in [0, 0.05) is 6.54 Å². The number of ether oxygens (including phenoxy) is 2. The zero-order chi connectivity index (χ0) is 12.3. The number of nitrogens with zero attached hydrogens (tertiary/aromatic N) is 1. The second-order valence-corrected chi connectivity index (χ2v) is 4.27. The molecule has 94 valence electrons. The molecule has 1 N–H and O–H groups in total. The minimum Gasteiger partial charge on any atom is -0.486 e. The lowest BCUT2D eigenvalue weighted by Gasteiger charge is -2.22. The van der Waals surface area contributed by atoms with Gasteiger partial charge >= 0.3 is 0 Å². The van der Waals surface area contributed by atoms with Gasteiger partial charge in [-0.2, -0.15) is 0 Å². The summed E-state index contributed by atoms with van der Waals surface area (Å²) in [7, 11) is 1.99. The topological polar surface area (TPSA) is 41.9 Å². The van der Waals surface area contributed by atoms with Crippen LogP contribution in [0.1, 0.15) is 18.6 Å². The van der Waals surface area contributed by atoms with Crippen molar-refractivity contribution in [1.82, 2.24) is 4.90 Å². The van der Waals surface area contributed by atoms with Crippen LogP contribution in [0.25, 0.3) is 0 Å². The molecule has 0 bridgehead atoms. The van der Waals surface area contributed by atoms with Crippen LogP contribution in [-0.4, -0.2) is 43.4 Å². The van der Waals surface area contributed by atoms with E-state index in [0.29, 0.717) is 19.8 Å². The third-order valence-corrected chi connectivity index (χ3v) is 2.98. The largest absolute Gasteiger partial charge is 0.486 e. The Balaban J connectivity index is 2.10. The Hall–Kier alpha value is -1.26. The van der Waals surface area contributed by atoms with Gasteiger partial charge < -0.3 is 19.5 Å². The lowest BCUT2D eigenvalue weighted by molar-refractivity contribution is 0.128. The van der Waals surface area contributed by atoms with E-state index in [9.17, 15) is 5.11 Å². The minimum atomic E-state index is -0.490. The molecule has 0 aromatic heterocycles. The molecule has 17 heavy (non-hydrogen) atoms. The highest BCUT2D eigenvalue weighted by molar-refractivity contribution is 5.44. The van der Waals surface area contributed by atoms with Crippen LogP contribution in [-0.2, 0) is 0 Å². The van der Waals surface area contributed by atoms with Crippen LogP contribution >= 0.6 is 0 Å². The van der Waals surface area contributed by atoms with Gasteiger partial charge in [0.2, 0.25) is 0 Å². The molecule has 1 atom stereocenters. The lowest BCUT2D eigenvalue weighted by atomic mass is 10.1. The highest BCUT2D eigenvalue weighted by Crippen LogP contribution is 2.32. The molecule has 0 spiro atoms. The van der Waals surface area contributed by atoms with Gasteiger partial charge in [0.1, 0.15) is 13.2 Å². The zero-order valence-electron chi connectivity index (χ0n) is 10.3. The van der Waals surface area contributed by atoms with Crippen molar-refractivity contribution in [2.24, 2.45) is 0 Å². The molecule has 0 fully saturated rings. The first kappa shape index (κ1) is 12.2. The first-order valence-electron chi connectivity index (χ1n) is 5.97. The van der Waals surface area contributed by atoms with E-state index in [-0.39, 0.29) is 0 Å². The molecule has 0 aliphatic carbocycles. The molecule has 1 aliphatic rings. The summed E-state index contributed by atoms with van der Waals surface area (Å²) in [5.41, 5.74) is 0.870. The summed E-state index contributed by atoms with van der Waals surface area (Å²) in [6.45, 7) is 4.77. The maximum absolute atomic E-state index is 10.1. The molecule has 4 heteroatoms. The fraction of sp³-hybridized carbons (Fsp3) is 0.538. The molecular formula is C13H19NO3. The molecule has 1 aromatic rings. The van der Waals surface area contributed by atoms with E-state index < -0.39 is 6.10 Å². The SMILES string of the molecule is CCN(C)CC(O)c1ccc2c(c1)OCCO2. The van der Waals surface area contributed by atoms with Crippen molar-refractivity contribution in [3.8, 4) is 11.5 Å². The third-order valence-electron chi connectivity index (χ3n) is 2.98. The van der Waals surface area contributed by atoms with Crippen molar-refractivity contribution in [3.05, 3.63) is 23.8 Å². The average Bonchev–Trinajstić information content (AvgIpc) is 2.38. The number of likely N-dealkylation sites (N-methyl/N-ethyl adjacent to an activating group) is 1. The van der Waals surface area contributed by atoms with Gasteiger partial charge in [-0.3, -0.25) is 0 Å². The Morgan fingerprint density at radius 2 is 2.00 bits per heavy atom. The molecule has 1 aliphatic heterocycles. The maximum atomic E-state index is 10.1. The molecule has 0 amide bonds. The number of hydrogen-bond acceptors (Lipinski definition) is 4. The maximum Gasteiger partial charge on any atom is 0.161 e. The molecule has 1 heterocycles. The standard InChI is InChI=1S/C13H19NO3/c1-3-14(2)9-11(15)10-4-5-12-13(8-10)17-7-6-16-12/h4-5,8,11,15H,3,6-7,9H2,1-2H3. The summed E-state index contributed by atoms with van der Waals surface area (Å²) >= 11 is 0. The van der Waals surface area contributed by atoms with E-state index in [1.165, 1.54) is 0 Å². The lowest BCUT2D eigenvalue weighted by Crippen LogP contribution is -2.24. The molecule has 1 unspecified atom stereocenters. The predicted molar refractivity (Wildman–Crippen MR) is 65.6 cm³/mol. The Morgan fingerprint density at radius 3 is 2.71 bits per heavy atom. The van der Waals surface area contributed by atoms with Crippen molar-refractivity contribution in [2.45, 2.75) is 13.0 Å². The van der Waals surface area contributed by atoms with Gasteiger partial charge in [-0.05, 0) is 31.3 Å². The van der Waals surface area contributed by atoms with Crippen molar-refractivity contribution >= 4 is 0 Å². The van der Waals surface area contributed by atoms with Crippen molar-refractivity contribution in [1.29, 1.82) is 0 Å². The van der Waals surface area contributed by atoms with Gasteiger partial charge in [-0.1, -0.05) is 13.0 Å². The monoisotopic (exact) mass is 237 g/mol. The summed E-state index contributed by atoms with van der Waals surface area (Å²) in [6, 6.07) is 5.61. The molecule has 0 saturated heterocycles. The zero-order valence-corrected chi connectivity index (χ0v) is 10.3. The highest BCUT2D eigenvalue weighted by Gasteiger charge is 2.16. The Morgan fingerprint density at radius 1 is 1.29 bits per heavy atom. The second kappa shape index (κ2) is 5.38. The number of rotatable bonds is 4. The van der Waals surface area contributed by atoms with Crippen molar-refractivity contribution < 1.29 is 14.6 Å². The Bertz CT molecular complexity index is 381. The summed E-state index contributed by atoms with van der Waals surface area (Å²) in [5.74, 6) is 1.49. The van der Waals surface area contributed by atoms with E-state index in [0.717, 1.165) is 23.6 Å². The van der Waals surface area contributed by atoms with E-state index in [1.54, 1.807) is 0 Å². The molecule has 1 aromatic carbocycles. The van der Waals surface area contributed by atoms with Crippen molar-refractivity contribution in [3.63, 3.8) is 0 Å². The second-order valence-electron chi connectivity index (χ2n) is 4.27. The van der Waals surface area contributed by atoms with Crippen LogP contribution in [0.4, 0.5) is 0 Å². The number of hydrogen-bond donors (Lipinski definition) is 1. The van der Waals surface area contributed by atoms with Gasteiger partial charge in [0.15, 0.2) is 11.5 Å². The molecular weight excluding hydrogens is 218 g/mol. The first-order valence-corrected chi connectivity index (χ1v) is 5.97. The van der Waals surface area contributed by atoms with Gasteiger partial charge in [-0.25, -0.2) is 0 Å². The van der Waals surface area contributed by atoms with E-state index in [1.807, 2.05) is 25.2 Å². The van der Waals surface area contributed by atoms with Crippen LogP contribution in [0.15, 0.2) is 18.2 Å². The summed E-state index contributed by atoms with van der Waals surface area (Å²) < 4.78 is 10.9. The van der Waals surface area contributed by atoms with Crippen LogP contribution in [0, 0.1) is 0 Å². The normalized spacial score (nSPS) is 16.0. The molecule has 0 radical (unpaired) electrons. The molecule has 2 rings (SSSR count). The quantitative estimate of drug-likeness (QED) is 0.860. The molecule has 4 nitrogen and oxygen atoms in total. The number of fused-ring (bicyclic) bond motifs is 1. The van der Waals surface area contributed by atoms with Crippen molar-refractivity contribution in [2.75, 3.05) is 33.4 Å². The fourth-order valence-corrected chi connectivity index (χ4v) is 1.80. The summed E-state index contributed by atoms with van der Waals surface area (Å²) in [4.78, 5) is 2.07. The number of aliphatic hydroxyl groups excluding tert-OH is 1. The summed E-state index contributed by atoms with van der Waals surface area (Å²) in [6.07, 6.45) is -0.490. The Kier molecular flexibility index (Phi) is 3.86. The van der Waals surface area contributed by atoms with E-state index in [4.69, 9.17) is 9.47 Å². The van der Waals surface area contributed by atoms with Crippen LogP contribution in [0.5, 0.6) is 11.5 Å². The Labute approximate surface area is 102 Å². The first-order chi connectivity index (χ1) is 8.20. The summed E-state index contributed by atoms with van der Waals surface area (Å²) in [5, 5.41) is 10.1. The van der Waals surface area contributed by atoms with Crippen LogP contribution in [0.3, 0.4) is 0 Å². The van der Waals surface area contributed by atoms with Gasteiger partial charge in [-0.15, -0.1) is 0 Å². The fourth-order valence-electron chi connectivity index (χ4n) is 1.80. The van der Waals surface area contributed by atoms with Gasteiger partial charge in [0.25, 0.3) is 0 Å².